The summed E-state index contributed by atoms with van der Waals surface area (Å²) in [5.74, 6) is -1.97. The molecule has 0 aliphatic carbocycles. The van der Waals surface area contributed by atoms with E-state index >= 15 is 0 Å². The summed E-state index contributed by atoms with van der Waals surface area (Å²) in [6.45, 7) is 4.65. The molecule has 1 rings (SSSR count). The highest BCUT2D eigenvalue weighted by atomic mass is 16.4. The Morgan fingerprint density at radius 1 is 1.25 bits per heavy atom. The topological polar surface area (TPSA) is 122 Å². The van der Waals surface area contributed by atoms with Crippen LogP contribution < -0.4 is 16.4 Å². The average molecular weight is 231 g/mol. The average Bonchev–Trinajstić information content (AvgIpc) is 2.22. The predicted octanol–water partition coefficient (Wildman–Crippen LogP) is -1.71. The van der Waals surface area contributed by atoms with Crippen LogP contribution in [0.25, 0.3) is 0 Å². The number of aliphatic carboxylic acids is 1. The first kappa shape index (κ1) is 14.4. The molecular weight excluding hydrogens is 214 g/mol. The zero-order valence-electron chi connectivity index (χ0n) is 9.32. The van der Waals surface area contributed by atoms with Gasteiger partial charge in [0.05, 0.1) is 0 Å². The molecule has 5 N–H and O–H groups in total. The Balaban J connectivity index is 0.000000281. The van der Waals surface area contributed by atoms with Crippen LogP contribution in [0.4, 0.5) is 0 Å². The monoisotopic (exact) mass is 231 g/mol. The molecule has 0 saturated carbocycles. The molecule has 0 bridgehead atoms. The summed E-state index contributed by atoms with van der Waals surface area (Å²) in [5.41, 5.74) is 5.16. The molecule has 92 valence electrons. The van der Waals surface area contributed by atoms with Gasteiger partial charge in [0.1, 0.15) is 6.04 Å². The van der Waals surface area contributed by atoms with Crippen LogP contribution in [0.5, 0.6) is 0 Å². The molecule has 0 aromatic carbocycles. The maximum Gasteiger partial charge on any atom is 0.320 e. The molecule has 1 saturated heterocycles. The molecule has 0 radical (unpaired) electrons. The van der Waals surface area contributed by atoms with Crippen molar-refractivity contribution in [1.82, 2.24) is 10.6 Å². The number of hydrogen-bond acceptors (Lipinski definition) is 4. The zero-order valence-corrected chi connectivity index (χ0v) is 9.32. The normalized spacial score (nSPS) is 16.8. The highest BCUT2D eigenvalue weighted by molar-refractivity contribution is 6.35. The van der Waals surface area contributed by atoms with E-state index < -0.39 is 23.8 Å². The number of carboxylic acid groups (broad SMARTS) is 1. The van der Waals surface area contributed by atoms with Crippen molar-refractivity contribution in [2.24, 2.45) is 11.7 Å². The molecular formula is C9H17N3O4. The minimum Gasteiger partial charge on any atom is -0.480 e. The van der Waals surface area contributed by atoms with Crippen LogP contribution >= 0.6 is 0 Å². The van der Waals surface area contributed by atoms with Gasteiger partial charge in [-0.05, 0) is 5.92 Å². The van der Waals surface area contributed by atoms with Crippen LogP contribution in [0.15, 0.2) is 0 Å². The smallest absolute Gasteiger partial charge is 0.320 e. The van der Waals surface area contributed by atoms with E-state index in [1.165, 1.54) is 0 Å². The third-order valence-corrected chi connectivity index (χ3v) is 1.91. The fraction of sp³-hybridized carbons (Fsp3) is 0.667. The van der Waals surface area contributed by atoms with Gasteiger partial charge in [0.25, 0.3) is 0 Å². The Hall–Kier alpha value is -1.63. The van der Waals surface area contributed by atoms with Crippen molar-refractivity contribution < 1.29 is 19.5 Å². The second kappa shape index (κ2) is 6.78. The number of piperazine rings is 1. The minimum atomic E-state index is -0.931. The predicted molar refractivity (Wildman–Crippen MR) is 56.5 cm³/mol. The summed E-state index contributed by atoms with van der Waals surface area (Å²) >= 11 is 0. The zero-order chi connectivity index (χ0) is 12.7. The summed E-state index contributed by atoms with van der Waals surface area (Å²) in [6, 6.07) is -0.713. The Bertz CT molecular complexity index is 262. The van der Waals surface area contributed by atoms with Gasteiger partial charge < -0.3 is 21.5 Å². The van der Waals surface area contributed by atoms with Crippen LogP contribution in [0.3, 0.4) is 0 Å². The molecule has 16 heavy (non-hydrogen) atoms. The van der Waals surface area contributed by atoms with E-state index in [1.807, 2.05) is 0 Å². The van der Waals surface area contributed by atoms with Gasteiger partial charge in [-0.15, -0.1) is 0 Å². The number of carbonyl (C=O) groups excluding carboxylic acids is 2. The molecule has 1 heterocycles. The molecule has 1 unspecified atom stereocenters. The Morgan fingerprint density at radius 3 is 1.75 bits per heavy atom. The fourth-order valence-corrected chi connectivity index (χ4v) is 0.798. The van der Waals surface area contributed by atoms with Gasteiger partial charge in [0.15, 0.2) is 0 Å². The third kappa shape index (κ3) is 5.30. The van der Waals surface area contributed by atoms with Gasteiger partial charge in [0, 0.05) is 13.1 Å². The molecule has 0 spiro atoms. The van der Waals surface area contributed by atoms with Crippen LogP contribution in [0.2, 0.25) is 0 Å². The molecule has 1 aliphatic heterocycles. The molecule has 7 nitrogen and oxygen atoms in total. The summed E-state index contributed by atoms with van der Waals surface area (Å²) < 4.78 is 0. The van der Waals surface area contributed by atoms with Crippen molar-refractivity contribution in [2.45, 2.75) is 19.9 Å². The van der Waals surface area contributed by atoms with Crippen molar-refractivity contribution in [3.8, 4) is 0 Å². The lowest BCUT2D eigenvalue weighted by molar-refractivity contribution is -0.140. The number of rotatable bonds is 2. The summed E-state index contributed by atoms with van der Waals surface area (Å²) in [4.78, 5) is 30.6. The third-order valence-electron chi connectivity index (χ3n) is 1.91. The Labute approximate surface area is 93.4 Å². The van der Waals surface area contributed by atoms with E-state index in [-0.39, 0.29) is 5.92 Å². The van der Waals surface area contributed by atoms with Gasteiger partial charge in [-0.1, -0.05) is 13.8 Å². The lowest BCUT2D eigenvalue weighted by Gasteiger charge is -2.10. The molecule has 0 aromatic heterocycles. The van der Waals surface area contributed by atoms with Crippen molar-refractivity contribution in [3.63, 3.8) is 0 Å². The first-order valence-corrected chi connectivity index (χ1v) is 4.90. The summed E-state index contributed by atoms with van der Waals surface area (Å²) in [5, 5.41) is 13.0. The second-order valence-corrected chi connectivity index (χ2v) is 3.62. The molecule has 1 fully saturated rings. The van der Waals surface area contributed by atoms with Crippen LogP contribution in [0.1, 0.15) is 13.8 Å². The van der Waals surface area contributed by atoms with Gasteiger partial charge in [-0.25, -0.2) is 0 Å². The molecule has 1 atom stereocenters. The SMILES string of the molecule is CC(C)C(N)C(=O)O.O=C1NCCNC1=O. The van der Waals surface area contributed by atoms with Crippen molar-refractivity contribution >= 4 is 17.8 Å². The standard InChI is InChI=1S/C5H11NO2.C4H6N2O2/c1-3(2)4(6)5(7)8;7-3-4(8)6-2-1-5-3/h3-4H,6H2,1-2H3,(H,7,8);1-2H2,(H,5,7)(H,6,8). The number of nitrogens with one attached hydrogen (secondary N) is 2. The maximum atomic E-state index is 10.3. The van der Waals surface area contributed by atoms with E-state index in [9.17, 15) is 14.4 Å². The van der Waals surface area contributed by atoms with Crippen LogP contribution in [-0.2, 0) is 14.4 Å². The minimum absolute atomic E-state index is 0.0208. The maximum absolute atomic E-state index is 10.3. The van der Waals surface area contributed by atoms with Crippen molar-refractivity contribution in [3.05, 3.63) is 0 Å². The van der Waals surface area contributed by atoms with Gasteiger partial charge in [-0.3, -0.25) is 14.4 Å². The van der Waals surface area contributed by atoms with E-state index in [2.05, 4.69) is 10.6 Å². The van der Waals surface area contributed by atoms with Crippen LogP contribution in [-0.4, -0.2) is 42.0 Å². The summed E-state index contributed by atoms with van der Waals surface area (Å²) in [6.07, 6.45) is 0. The van der Waals surface area contributed by atoms with Crippen LogP contribution in [0, 0.1) is 5.92 Å². The Morgan fingerprint density at radius 2 is 1.62 bits per heavy atom. The lowest BCUT2D eigenvalue weighted by atomic mass is 10.1. The lowest BCUT2D eigenvalue weighted by Crippen LogP contribution is -2.49. The molecule has 1 aliphatic rings. The second-order valence-electron chi connectivity index (χ2n) is 3.62. The van der Waals surface area contributed by atoms with E-state index in [4.69, 9.17) is 10.8 Å². The number of nitrogens with two attached hydrogens (primary N) is 1. The van der Waals surface area contributed by atoms with E-state index in [1.54, 1.807) is 13.8 Å². The van der Waals surface area contributed by atoms with Gasteiger partial charge in [-0.2, -0.15) is 0 Å². The molecule has 7 heteroatoms. The number of amides is 2. The van der Waals surface area contributed by atoms with Crippen molar-refractivity contribution in [2.75, 3.05) is 13.1 Å². The van der Waals surface area contributed by atoms with Gasteiger partial charge >= 0.3 is 17.8 Å². The van der Waals surface area contributed by atoms with Gasteiger partial charge in [0.2, 0.25) is 0 Å². The van der Waals surface area contributed by atoms with E-state index in [0.29, 0.717) is 13.1 Å². The van der Waals surface area contributed by atoms with E-state index in [0.717, 1.165) is 0 Å². The van der Waals surface area contributed by atoms with Crippen molar-refractivity contribution in [1.29, 1.82) is 0 Å². The molecule has 0 aromatic rings. The Kier molecular flexibility index (Phi) is 6.09. The molecule has 2 amide bonds. The quantitative estimate of drug-likeness (QED) is 0.421. The largest absolute Gasteiger partial charge is 0.480 e. The highest BCUT2D eigenvalue weighted by Gasteiger charge is 2.15. The first-order chi connectivity index (χ1) is 7.36. The number of hydrogen-bond donors (Lipinski definition) is 4. The summed E-state index contributed by atoms with van der Waals surface area (Å²) in [7, 11) is 0. The first-order valence-electron chi connectivity index (χ1n) is 4.90. The highest BCUT2D eigenvalue weighted by Crippen LogP contribution is 1.96. The number of carbonyl (C=O) groups is 3. The fourth-order valence-electron chi connectivity index (χ4n) is 0.798. The number of carboxylic acids is 1.